The van der Waals surface area contributed by atoms with Crippen LogP contribution >= 0.6 is 0 Å². The Morgan fingerprint density at radius 1 is 0.914 bits per heavy atom. The van der Waals surface area contributed by atoms with E-state index >= 15 is 0 Å². The van der Waals surface area contributed by atoms with Gasteiger partial charge in [0, 0.05) is 29.5 Å². The lowest BCUT2D eigenvalue weighted by atomic mass is 10.0. The number of amides is 1. The molecule has 2 fully saturated rings. The number of rotatable bonds is 3. The van der Waals surface area contributed by atoms with Crippen LogP contribution in [0.3, 0.4) is 0 Å². The van der Waals surface area contributed by atoms with Gasteiger partial charge < -0.3 is 15.2 Å². The van der Waals surface area contributed by atoms with E-state index in [1.54, 1.807) is 0 Å². The smallest absolute Gasteiger partial charge is 0.365 e. The number of aromatic amines is 1. The Bertz CT molecular complexity index is 1360. The van der Waals surface area contributed by atoms with Crippen LogP contribution in [0.4, 0.5) is 37.7 Å². The maximum absolute atomic E-state index is 13.7. The molecule has 2 bridgehead atoms. The van der Waals surface area contributed by atoms with E-state index in [4.69, 9.17) is 0 Å². The highest BCUT2D eigenvalue weighted by Crippen LogP contribution is 2.44. The summed E-state index contributed by atoms with van der Waals surface area (Å²) >= 11 is 0. The SMILES string of the molecule is O=C(Nc1cc(N2C3CCC2CC3)ccc1C(F)(F)F)c1c[nH]c2cccc(C(F)(F)F)c2c1=O. The summed E-state index contributed by atoms with van der Waals surface area (Å²) in [7, 11) is 0. The third-order valence-corrected chi connectivity index (χ3v) is 6.77. The minimum Gasteiger partial charge on any atom is -0.365 e. The molecule has 0 aliphatic carbocycles. The Labute approximate surface area is 194 Å². The van der Waals surface area contributed by atoms with Gasteiger partial charge in [-0.2, -0.15) is 26.3 Å². The lowest BCUT2D eigenvalue weighted by Crippen LogP contribution is -2.29. The Balaban J connectivity index is 1.56. The van der Waals surface area contributed by atoms with Crippen molar-refractivity contribution < 1.29 is 31.1 Å². The van der Waals surface area contributed by atoms with Crippen LogP contribution in [0.5, 0.6) is 0 Å². The molecule has 2 aliphatic heterocycles. The molecule has 0 unspecified atom stereocenters. The number of nitrogens with one attached hydrogen (secondary N) is 2. The van der Waals surface area contributed by atoms with Crippen molar-refractivity contribution in [2.75, 3.05) is 10.2 Å². The second kappa shape index (κ2) is 8.03. The lowest BCUT2D eigenvalue weighted by molar-refractivity contribution is -0.137. The summed E-state index contributed by atoms with van der Waals surface area (Å²) in [6.07, 6.45) is -5.04. The van der Waals surface area contributed by atoms with Gasteiger partial charge in [0.15, 0.2) is 0 Å². The van der Waals surface area contributed by atoms with Crippen molar-refractivity contribution in [2.45, 2.75) is 50.1 Å². The monoisotopic (exact) mass is 495 g/mol. The largest absolute Gasteiger partial charge is 0.418 e. The first-order chi connectivity index (χ1) is 16.4. The standard InChI is InChI=1S/C24H19F6N3O2/c25-23(26,27)16-9-8-14(33-12-4-5-13(33)7-6-12)10-19(16)32-22(35)15-11-31-18-3-1-2-17(24(28,29)30)20(18)21(15)34/h1-3,8-13H,4-7H2,(H,31,34)(H,32,35). The van der Waals surface area contributed by atoms with Crippen molar-refractivity contribution in [2.24, 2.45) is 0 Å². The Morgan fingerprint density at radius 2 is 1.54 bits per heavy atom. The molecule has 0 radical (unpaired) electrons. The van der Waals surface area contributed by atoms with Crippen LogP contribution < -0.4 is 15.6 Å². The average molecular weight is 495 g/mol. The number of hydrogen-bond donors (Lipinski definition) is 2. The summed E-state index contributed by atoms with van der Waals surface area (Å²) in [6.45, 7) is 0. The first-order valence-electron chi connectivity index (χ1n) is 11.0. The summed E-state index contributed by atoms with van der Waals surface area (Å²) in [5.74, 6) is -1.24. The highest BCUT2D eigenvalue weighted by molar-refractivity contribution is 6.06. The van der Waals surface area contributed by atoms with Gasteiger partial charge in [0.25, 0.3) is 5.91 Å². The quantitative estimate of drug-likeness (QED) is 0.442. The molecule has 0 spiro atoms. The van der Waals surface area contributed by atoms with Gasteiger partial charge in [-0.3, -0.25) is 9.59 Å². The fourth-order valence-electron chi connectivity index (χ4n) is 5.24. The Kier molecular flexibility index (Phi) is 5.33. The summed E-state index contributed by atoms with van der Waals surface area (Å²) < 4.78 is 81.4. The molecule has 0 saturated carbocycles. The fourth-order valence-corrected chi connectivity index (χ4v) is 5.24. The number of alkyl halides is 6. The molecule has 1 amide bonds. The third-order valence-electron chi connectivity index (χ3n) is 6.77. The number of carbonyl (C=O) groups excluding carboxylic acids is 1. The molecular formula is C24H19F6N3O2. The van der Waals surface area contributed by atoms with Gasteiger partial charge in [-0.15, -0.1) is 0 Å². The maximum Gasteiger partial charge on any atom is 0.418 e. The molecular weight excluding hydrogens is 476 g/mol. The van der Waals surface area contributed by atoms with E-state index in [0.29, 0.717) is 11.8 Å². The van der Waals surface area contributed by atoms with E-state index in [1.165, 1.54) is 18.2 Å². The zero-order valence-electron chi connectivity index (χ0n) is 18.1. The van der Waals surface area contributed by atoms with Gasteiger partial charge in [-0.1, -0.05) is 6.07 Å². The number of benzene rings is 2. The van der Waals surface area contributed by atoms with E-state index < -0.39 is 51.5 Å². The minimum absolute atomic E-state index is 0.149. The van der Waals surface area contributed by atoms with E-state index in [2.05, 4.69) is 10.3 Å². The number of halogens is 6. The summed E-state index contributed by atoms with van der Waals surface area (Å²) in [5.41, 5.74) is -4.51. The average Bonchev–Trinajstić information content (AvgIpc) is 3.38. The first-order valence-corrected chi connectivity index (χ1v) is 11.0. The van der Waals surface area contributed by atoms with Crippen molar-refractivity contribution in [1.82, 2.24) is 4.98 Å². The number of hydrogen-bond acceptors (Lipinski definition) is 3. The second-order valence-electron chi connectivity index (χ2n) is 8.81. The molecule has 5 nitrogen and oxygen atoms in total. The van der Waals surface area contributed by atoms with Crippen molar-refractivity contribution in [3.8, 4) is 0 Å². The van der Waals surface area contributed by atoms with Crippen LogP contribution in [0.15, 0.2) is 47.4 Å². The predicted molar refractivity (Wildman–Crippen MR) is 117 cm³/mol. The summed E-state index contributed by atoms with van der Waals surface area (Å²) in [6, 6.07) is 6.91. The number of H-pyrrole nitrogens is 1. The Morgan fingerprint density at radius 3 is 2.14 bits per heavy atom. The van der Waals surface area contributed by atoms with E-state index in [1.807, 2.05) is 4.90 Å². The lowest BCUT2D eigenvalue weighted by Gasteiger charge is -2.26. The predicted octanol–water partition coefficient (Wildman–Crippen LogP) is 5.95. The van der Waals surface area contributed by atoms with Crippen LogP contribution in [-0.2, 0) is 12.4 Å². The molecule has 5 rings (SSSR count). The highest BCUT2D eigenvalue weighted by atomic mass is 19.4. The van der Waals surface area contributed by atoms with Gasteiger partial charge in [0.2, 0.25) is 5.43 Å². The number of pyridine rings is 1. The molecule has 2 aromatic carbocycles. The highest BCUT2D eigenvalue weighted by Gasteiger charge is 2.41. The van der Waals surface area contributed by atoms with Crippen LogP contribution in [-0.4, -0.2) is 23.0 Å². The molecule has 2 aliphatic rings. The van der Waals surface area contributed by atoms with E-state index in [0.717, 1.165) is 44.0 Å². The van der Waals surface area contributed by atoms with Gasteiger partial charge in [0.1, 0.15) is 5.56 Å². The topological polar surface area (TPSA) is 65.2 Å². The van der Waals surface area contributed by atoms with Crippen molar-refractivity contribution in [1.29, 1.82) is 0 Å². The van der Waals surface area contributed by atoms with Crippen LogP contribution in [0.25, 0.3) is 10.9 Å². The zero-order chi connectivity index (χ0) is 25.1. The number of fused-ring (bicyclic) bond motifs is 3. The normalized spacial score (nSPS) is 20.0. The van der Waals surface area contributed by atoms with Crippen molar-refractivity contribution >= 4 is 28.2 Å². The molecule has 35 heavy (non-hydrogen) atoms. The number of carbonyl (C=O) groups is 1. The van der Waals surface area contributed by atoms with Crippen LogP contribution in [0.1, 0.15) is 47.2 Å². The number of anilines is 2. The van der Waals surface area contributed by atoms with Crippen LogP contribution in [0, 0.1) is 0 Å². The molecule has 11 heteroatoms. The van der Waals surface area contributed by atoms with Crippen LogP contribution in [0.2, 0.25) is 0 Å². The van der Waals surface area contributed by atoms with Gasteiger partial charge >= 0.3 is 12.4 Å². The molecule has 3 heterocycles. The summed E-state index contributed by atoms with van der Waals surface area (Å²) in [5, 5.41) is 1.37. The van der Waals surface area contributed by atoms with Crippen molar-refractivity contribution in [3.05, 3.63) is 69.5 Å². The first kappa shape index (κ1) is 23.3. The molecule has 3 aromatic rings. The van der Waals surface area contributed by atoms with Gasteiger partial charge in [-0.25, -0.2) is 0 Å². The molecule has 1 aromatic heterocycles. The summed E-state index contributed by atoms with van der Waals surface area (Å²) in [4.78, 5) is 30.3. The minimum atomic E-state index is -4.87. The second-order valence-corrected chi connectivity index (χ2v) is 8.81. The van der Waals surface area contributed by atoms with E-state index in [-0.39, 0.29) is 17.6 Å². The molecule has 0 atom stereocenters. The van der Waals surface area contributed by atoms with Gasteiger partial charge in [-0.05, 0) is 56.0 Å². The van der Waals surface area contributed by atoms with E-state index in [9.17, 15) is 35.9 Å². The van der Waals surface area contributed by atoms with Crippen molar-refractivity contribution in [3.63, 3.8) is 0 Å². The third kappa shape index (κ3) is 4.02. The maximum atomic E-state index is 13.7. The van der Waals surface area contributed by atoms with Gasteiger partial charge in [0.05, 0.1) is 22.2 Å². The molecule has 2 N–H and O–H groups in total. The molecule has 2 saturated heterocycles. The fraction of sp³-hybridized carbons (Fsp3) is 0.333. The molecule has 184 valence electrons. The number of nitrogens with zero attached hydrogens (tertiary/aromatic N) is 1. The zero-order valence-corrected chi connectivity index (χ0v) is 18.1. The Hall–Kier alpha value is -3.50. The number of aromatic nitrogens is 1.